The fourth-order valence-corrected chi connectivity index (χ4v) is 5.84. The van der Waals surface area contributed by atoms with Gasteiger partial charge in [0.05, 0.1) is 23.8 Å². The zero-order chi connectivity index (χ0) is 24.9. The molecule has 5 rings (SSSR count). The number of benzene rings is 2. The number of amides is 3. The molecule has 2 heterocycles. The summed E-state index contributed by atoms with van der Waals surface area (Å²) in [4.78, 5) is 43.7. The van der Waals surface area contributed by atoms with Gasteiger partial charge < -0.3 is 20.4 Å². The Hall–Kier alpha value is -3.19. The van der Waals surface area contributed by atoms with E-state index in [2.05, 4.69) is 10.6 Å². The van der Waals surface area contributed by atoms with Crippen LogP contribution in [0.15, 0.2) is 48.5 Å². The third kappa shape index (κ3) is 5.46. The first-order valence-corrected chi connectivity index (χ1v) is 13.4. The lowest BCUT2D eigenvalue weighted by Gasteiger charge is -2.31. The third-order valence-corrected chi connectivity index (χ3v) is 7.79. The van der Waals surface area contributed by atoms with Crippen LogP contribution in [-0.4, -0.2) is 48.8 Å². The van der Waals surface area contributed by atoms with E-state index in [1.807, 2.05) is 46.2 Å². The predicted octanol–water partition coefficient (Wildman–Crippen LogP) is 4.51. The van der Waals surface area contributed by atoms with Crippen molar-refractivity contribution >= 4 is 29.1 Å². The molecule has 36 heavy (non-hydrogen) atoms. The van der Waals surface area contributed by atoms with E-state index in [0.29, 0.717) is 42.4 Å². The summed E-state index contributed by atoms with van der Waals surface area (Å²) >= 11 is 0. The number of carbonyl (C=O) groups is 3. The zero-order valence-electron chi connectivity index (χ0n) is 20.9. The minimum Gasteiger partial charge on any atom is -0.337 e. The highest BCUT2D eigenvalue weighted by molar-refractivity contribution is 6.06. The van der Waals surface area contributed by atoms with E-state index in [9.17, 15) is 14.4 Å². The normalized spacial score (nSPS) is 20.9. The van der Waals surface area contributed by atoms with Gasteiger partial charge in [0, 0.05) is 31.6 Å². The SMILES string of the molecule is O=C1CC(c2ccccc2)N(C(=O)CCC2CCCC2)c2ccc(C(=O)N3CCCNCC3)cc2N1. The number of fused-ring (bicyclic) bond motifs is 1. The van der Waals surface area contributed by atoms with Crippen LogP contribution in [0.2, 0.25) is 0 Å². The molecule has 3 aliphatic rings. The number of nitrogens with zero attached hydrogens (tertiary/aromatic N) is 2. The second kappa shape index (κ2) is 11.2. The van der Waals surface area contributed by atoms with Gasteiger partial charge in [0.25, 0.3) is 5.91 Å². The minimum absolute atomic E-state index is 0.0335. The summed E-state index contributed by atoms with van der Waals surface area (Å²) in [5, 5.41) is 6.32. The molecule has 0 bridgehead atoms. The van der Waals surface area contributed by atoms with Crippen LogP contribution >= 0.6 is 0 Å². The molecule has 7 heteroatoms. The quantitative estimate of drug-likeness (QED) is 0.649. The lowest BCUT2D eigenvalue weighted by Crippen LogP contribution is -2.35. The van der Waals surface area contributed by atoms with Crippen molar-refractivity contribution in [1.29, 1.82) is 0 Å². The molecule has 0 aromatic heterocycles. The molecule has 2 aromatic rings. The van der Waals surface area contributed by atoms with Crippen molar-refractivity contribution in [3.8, 4) is 0 Å². The Kier molecular flexibility index (Phi) is 7.66. The van der Waals surface area contributed by atoms with Gasteiger partial charge in [-0.25, -0.2) is 0 Å². The minimum atomic E-state index is -0.387. The molecular weight excluding hydrogens is 452 g/mol. The molecule has 1 atom stereocenters. The summed E-state index contributed by atoms with van der Waals surface area (Å²) in [6.45, 7) is 3.04. The number of hydrogen-bond acceptors (Lipinski definition) is 4. The maximum Gasteiger partial charge on any atom is 0.253 e. The standard InChI is InChI=1S/C29H36N4O3/c34-27-20-26(22-9-2-1-3-10-22)33(28(35)14-11-21-7-4-5-8-21)25-13-12-23(19-24(25)31-27)29(36)32-17-6-15-30-16-18-32/h1-3,9-10,12-13,19,21,26,30H,4-8,11,14-18,20H2,(H,31,34). The first-order valence-electron chi connectivity index (χ1n) is 13.4. The van der Waals surface area contributed by atoms with Crippen LogP contribution in [0.25, 0.3) is 0 Å². The molecule has 1 saturated carbocycles. The van der Waals surface area contributed by atoms with Crippen molar-refractivity contribution in [3.63, 3.8) is 0 Å². The van der Waals surface area contributed by atoms with Crippen LogP contribution in [0.5, 0.6) is 0 Å². The second-order valence-electron chi connectivity index (χ2n) is 10.3. The van der Waals surface area contributed by atoms with Crippen LogP contribution < -0.4 is 15.5 Å². The molecule has 190 valence electrons. The Labute approximate surface area is 213 Å². The monoisotopic (exact) mass is 488 g/mol. The fraction of sp³-hybridized carbons (Fsp3) is 0.483. The Morgan fingerprint density at radius 2 is 1.75 bits per heavy atom. The van der Waals surface area contributed by atoms with Crippen molar-refractivity contribution in [2.45, 2.75) is 57.4 Å². The van der Waals surface area contributed by atoms with Gasteiger partial charge in [-0.3, -0.25) is 14.4 Å². The van der Waals surface area contributed by atoms with E-state index in [4.69, 9.17) is 0 Å². The summed E-state index contributed by atoms with van der Waals surface area (Å²) in [5.41, 5.74) is 2.67. The molecule has 2 aliphatic heterocycles. The van der Waals surface area contributed by atoms with Crippen molar-refractivity contribution in [1.82, 2.24) is 10.2 Å². The van der Waals surface area contributed by atoms with Gasteiger partial charge in [0.2, 0.25) is 11.8 Å². The number of carbonyl (C=O) groups excluding carboxylic acids is 3. The maximum atomic E-state index is 13.8. The molecule has 2 N–H and O–H groups in total. The smallest absolute Gasteiger partial charge is 0.253 e. The summed E-state index contributed by atoms with van der Waals surface area (Å²) < 4.78 is 0. The first kappa shape index (κ1) is 24.5. The van der Waals surface area contributed by atoms with Gasteiger partial charge >= 0.3 is 0 Å². The van der Waals surface area contributed by atoms with Crippen molar-refractivity contribution in [2.75, 3.05) is 36.4 Å². The maximum absolute atomic E-state index is 13.8. The molecule has 3 amide bonds. The molecule has 1 saturated heterocycles. The summed E-state index contributed by atoms with van der Waals surface area (Å²) in [5.74, 6) is 0.447. The average Bonchev–Trinajstić information content (AvgIpc) is 3.20. The fourth-order valence-electron chi connectivity index (χ4n) is 5.84. The molecule has 1 aliphatic carbocycles. The Balaban J connectivity index is 1.47. The largest absolute Gasteiger partial charge is 0.337 e. The van der Waals surface area contributed by atoms with E-state index in [1.165, 1.54) is 25.7 Å². The number of anilines is 2. The van der Waals surface area contributed by atoms with Crippen molar-refractivity contribution < 1.29 is 14.4 Å². The molecule has 7 nitrogen and oxygen atoms in total. The molecule has 0 radical (unpaired) electrons. The van der Waals surface area contributed by atoms with E-state index < -0.39 is 0 Å². The van der Waals surface area contributed by atoms with Gasteiger partial charge in [0.15, 0.2) is 0 Å². The van der Waals surface area contributed by atoms with Gasteiger partial charge in [-0.05, 0) is 49.1 Å². The van der Waals surface area contributed by atoms with Crippen LogP contribution in [0.3, 0.4) is 0 Å². The second-order valence-corrected chi connectivity index (χ2v) is 10.3. The van der Waals surface area contributed by atoms with Crippen LogP contribution in [0, 0.1) is 5.92 Å². The first-order chi connectivity index (χ1) is 17.6. The number of rotatable bonds is 5. The molecular formula is C29H36N4O3. The topological polar surface area (TPSA) is 81.8 Å². The van der Waals surface area contributed by atoms with Crippen molar-refractivity contribution in [2.24, 2.45) is 5.92 Å². The summed E-state index contributed by atoms with van der Waals surface area (Å²) in [7, 11) is 0. The highest BCUT2D eigenvalue weighted by Gasteiger charge is 2.34. The lowest BCUT2D eigenvalue weighted by molar-refractivity contribution is -0.119. The highest BCUT2D eigenvalue weighted by Crippen LogP contribution is 2.40. The average molecular weight is 489 g/mol. The number of hydrogen-bond donors (Lipinski definition) is 2. The van der Waals surface area contributed by atoms with Gasteiger partial charge in [0.1, 0.15) is 0 Å². The lowest BCUT2D eigenvalue weighted by atomic mass is 9.98. The predicted molar refractivity (Wildman–Crippen MR) is 141 cm³/mol. The van der Waals surface area contributed by atoms with Crippen LogP contribution in [-0.2, 0) is 9.59 Å². The molecule has 2 aromatic carbocycles. The Bertz CT molecular complexity index is 1090. The van der Waals surface area contributed by atoms with Crippen LogP contribution in [0.4, 0.5) is 11.4 Å². The number of nitrogens with one attached hydrogen (secondary N) is 2. The highest BCUT2D eigenvalue weighted by atomic mass is 16.2. The van der Waals surface area contributed by atoms with Gasteiger partial charge in [-0.1, -0.05) is 56.0 Å². The zero-order valence-corrected chi connectivity index (χ0v) is 20.9. The van der Waals surface area contributed by atoms with E-state index in [1.54, 1.807) is 12.1 Å². The molecule has 1 unspecified atom stereocenters. The van der Waals surface area contributed by atoms with E-state index >= 15 is 0 Å². The molecule has 0 spiro atoms. The van der Waals surface area contributed by atoms with Gasteiger partial charge in [-0.2, -0.15) is 0 Å². The van der Waals surface area contributed by atoms with Crippen molar-refractivity contribution in [3.05, 3.63) is 59.7 Å². The van der Waals surface area contributed by atoms with E-state index in [-0.39, 0.29) is 30.2 Å². The van der Waals surface area contributed by atoms with E-state index in [0.717, 1.165) is 31.5 Å². The third-order valence-electron chi connectivity index (χ3n) is 7.79. The van der Waals surface area contributed by atoms with Crippen LogP contribution in [0.1, 0.15) is 73.3 Å². The Morgan fingerprint density at radius 1 is 0.944 bits per heavy atom. The Morgan fingerprint density at radius 3 is 2.56 bits per heavy atom. The summed E-state index contributed by atoms with van der Waals surface area (Å²) in [6.07, 6.45) is 7.33. The molecule has 2 fully saturated rings. The van der Waals surface area contributed by atoms with Gasteiger partial charge in [-0.15, -0.1) is 0 Å². The summed E-state index contributed by atoms with van der Waals surface area (Å²) in [6, 6.07) is 14.8.